The van der Waals surface area contributed by atoms with Gasteiger partial charge in [0.1, 0.15) is 10.6 Å². The SMILES string of the molecule is CC1CCC(C(=O)N(c2ccc(Oc3ccccn3)cc2)c2cc(C(C)(C)C)sc2C(=O)O)CC1. The van der Waals surface area contributed by atoms with Crippen LogP contribution >= 0.6 is 11.3 Å². The van der Waals surface area contributed by atoms with Gasteiger partial charge in [0.05, 0.1) is 5.69 Å². The van der Waals surface area contributed by atoms with Gasteiger partial charge in [-0.15, -0.1) is 11.3 Å². The summed E-state index contributed by atoms with van der Waals surface area (Å²) in [6, 6.07) is 14.5. The summed E-state index contributed by atoms with van der Waals surface area (Å²) in [5.41, 5.74) is 0.833. The van der Waals surface area contributed by atoms with Gasteiger partial charge in [-0.3, -0.25) is 9.69 Å². The topological polar surface area (TPSA) is 79.7 Å². The Kier molecular flexibility index (Phi) is 7.26. The van der Waals surface area contributed by atoms with Crippen LogP contribution in [0.3, 0.4) is 0 Å². The largest absolute Gasteiger partial charge is 0.477 e. The first kappa shape index (κ1) is 24.9. The molecule has 184 valence electrons. The molecule has 6 nitrogen and oxygen atoms in total. The number of benzene rings is 1. The van der Waals surface area contributed by atoms with Crippen LogP contribution in [0, 0.1) is 11.8 Å². The van der Waals surface area contributed by atoms with Crippen molar-refractivity contribution in [3.05, 3.63) is 64.5 Å². The third kappa shape index (κ3) is 5.73. The molecule has 3 aromatic rings. The summed E-state index contributed by atoms with van der Waals surface area (Å²) in [7, 11) is 0. The number of carboxylic acids is 1. The fourth-order valence-corrected chi connectivity index (χ4v) is 5.38. The fourth-order valence-electron chi connectivity index (χ4n) is 4.34. The smallest absolute Gasteiger partial charge is 0.348 e. The molecule has 0 unspecified atom stereocenters. The van der Waals surface area contributed by atoms with Gasteiger partial charge >= 0.3 is 5.97 Å². The second-order valence-corrected chi connectivity index (χ2v) is 11.3. The van der Waals surface area contributed by atoms with E-state index in [1.807, 2.05) is 51.1 Å². The minimum absolute atomic E-state index is 0.0453. The highest BCUT2D eigenvalue weighted by molar-refractivity contribution is 7.14. The third-order valence-corrected chi connectivity index (χ3v) is 7.97. The van der Waals surface area contributed by atoms with E-state index < -0.39 is 5.97 Å². The number of aromatic carboxylic acids is 1. The average molecular weight is 493 g/mol. The quantitative estimate of drug-likeness (QED) is 0.387. The van der Waals surface area contributed by atoms with E-state index in [0.717, 1.165) is 30.6 Å². The molecular formula is C28H32N2O4S. The van der Waals surface area contributed by atoms with Crippen LogP contribution in [0.1, 0.15) is 67.9 Å². The highest BCUT2D eigenvalue weighted by Gasteiger charge is 2.34. The van der Waals surface area contributed by atoms with Gasteiger partial charge in [-0.1, -0.05) is 33.8 Å². The lowest BCUT2D eigenvalue weighted by molar-refractivity contribution is -0.122. The summed E-state index contributed by atoms with van der Waals surface area (Å²) < 4.78 is 5.81. The lowest BCUT2D eigenvalue weighted by Gasteiger charge is -2.31. The van der Waals surface area contributed by atoms with Crippen LogP contribution in [-0.4, -0.2) is 22.0 Å². The normalized spacial score (nSPS) is 18.2. The van der Waals surface area contributed by atoms with E-state index in [4.69, 9.17) is 4.74 Å². The van der Waals surface area contributed by atoms with Crippen LogP contribution in [0.4, 0.5) is 11.4 Å². The molecule has 1 aliphatic carbocycles. The van der Waals surface area contributed by atoms with Crippen LogP contribution in [0.5, 0.6) is 11.6 Å². The number of carbonyl (C=O) groups excluding carboxylic acids is 1. The Hall–Kier alpha value is -3.19. The van der Waals surface area contributed by atoms with Crippen molar-refractivity contribution in [1.29, 1.82) is 0 Å². The molecule has 0 bridgehead atoms. The molecular weight excluding hydrogens is 460 g/mol. The first-order valence-electron chi connectivity index (χ1n) is 12.0. The maximum atomic E-state index is 13.9. The monoisotopic (exact) mass is 492 g/mol. The van der Waals surface area contributed by atoms with E-state index >= 15 is 0 Å². The Morgan fingerprint density at radius 1 is 1.06 bits per heavy atom. The van der Waals surface area contributed by atoms with Crippen molar-refractivity contribution in [1.82, 2.24) is 4.98 Å². The van der Waals surface area contributed by atoms with Gasteiger partial charge in [0.15, 0.2) is 0 Å². The second-order valence-electron chi connectivity index (χ2n) is 10.3. The number of nitrogens with zero attached hydrogens (tertiary/aromatic N) is 2. The summed E-state index contributed by atoms with van der Waals surface area (Å²) in [6.07, 6.45) is 5.30. The van der Waals surface area contributed by atoms with Crippen LogP contribution in [-0.2, 0) is 10.2 Å². The lowest BCUT2D eigenvalue weighted by Crippen LogP contribution is -2.35. The summed E-state index contributed by atoms with van der Waals surface area (Å²) in [5.74, 6) is 0.478. The lowest BCUT2D eigenvalue weighted by atomic mass is 9.82. The molecule has 0 aliphatic heterocycles. The van der Waals surface area contributed by atoms with Crippen molar-refractivity contribution in [2.45, 2.75) is 58.8 Å². The highest BCUT2D eigenvalue weighted by Crippen LogP contribution is 2.42. The number of hydrogen-bond donors (Lipinski definition) is 1. The van der Waals surface area contributed by atoms with Crippen molar-refractivity contribution in [3.63, 3.8) is 0 Å². The molecule has 7 heteroatoms. The maximum Gasteiger partial charge on any atom is 0.348 e. The number of aromatic nitrogens is 1. The zero-order valence-corrected chi connectivity index (χ0v) is 21.5. The zero-order valence-electron chi connectivity index (χ0n) is 20.7. The Morgan fingerprint density at radius 2 is 1.74 bits per heavy atom. The van der Waals surface area contributed by atoms with E-state index in [-0.39, 0.29) is 22.1 Å². The van der Waals surface area contributed by atoms with Crippen molar-refractivity contribution in [3.8, 4) is 11.6 Å². The Labute approximate surface area is 210 Å². The molecule has 0 atom stereocenters. The number of carboxylic acid groups (broad SMARTS) is 1. The summed E-state index contributed by atoms with van der Waals surface area (Å²) >= 11 is 1.24. The van der Waals surface area contributed by atoms with Gasteiger partial charge in [0, 0.05) is 28.7 Å². The molecule has 1 fully saturated rings. The van der Waals surface area contributed by atoms with Crippen molar-refractivity contribution >= 4 is 34.6 Å². The van der Waals surface area contributed by atoms with Gasteiger partial charge in [-0.05, 0) is 73.4 Å². The van der Waals surface area contributed by atoms with Gasteiger partial charge in [0.25, 0.3) is 0 Å². The second kappa shape index (κ2) is 10.2. The molecule has 2 aromatic heterocycles. The number of pyridine rings is 1. The minimum atomic E-state index is -1.02. The molecule has 0 radical (unpaired) electrons. The van der Waals surface area contributed by atoms with E-state index in [9.17, 15) is 14.7 Å². The van der Waals surface area contributed by atoms with Gasteiger partial charge in [0.2, 0.25) is 11.8 Å². The predicted octanol–water partition coefficient (Wildman–Crippen LogP) is 7.42. The van der Waals surface area contributed by atoms with E-state index in [2.05, 4.69) is 11.9 Å². The van der Waals surface area contributed by atoms with Gasteiger partial charge in [-0.2, -0.15) is 0 Å². The summed E-state index contributed by atoms with van der Waals surface area (Å²) in [5, 5.41) is 10.0. The average Bonchev–Trinajstić information content (AvgIpc) is 3.27. The summed E-state index contributed by atoms with van der Waals surface area (Å²) in [4.78, 5) is 33.1. The summed E-state index contributed by atoms with van der Waals surface area (Å²) in [6.45, 7) is 8.36. The predicted molar refractivity (Wildman–Crippen MR) is 139 cm³/mol. The molecule has 1 amide bonds. The maximum absolute atomic E-state index is 13.9. The molecule has 1 N–H and O–H groups in total. The number of amides is 1. The molecule has 2 heterocycles. The molecule has 1 aliphatic rings. The third-order valence-electron chi connectivity index (χ3n) is 6.43. The van der Waals surface area contributed by atoms with Crippen LogP contribution in [0.25, 0.3) is 0 Å². The number of thiophene rings is 1. The fraction of sp³-hybridized carbons (Fsp3) is 0.393. The molecule has 35 heavy (non-hydrogen) atoms. The number of ether oxygens (including phenoxy) is 1. The molecule has 1 aromatic carbocycles. The van der Waals surface area contributed by atoms with Crippen LogP contribution < -0.4 is 9.64 Å². The highest BCUT2D eigenvalue weighted by atomic mass is 32.1. The molecule has 0 saturated heterocycles. The number of rotatable bonds is 6. The molecule has 4 rings (SSSR count). The van der Waals surface area contributed by atoms with E-state index in [1.165, 1.54) is 11.3 Å². The molecule has 0 spiro atoms. The Balaban J connectivity index is 1.73. The van der Waals surface area contributed by atoms with Gasteiger partial charge in [-0.25, -0.2) is 9.78 Å². The Bertz CT molecular complexity index is 1170. The van der Waals surface area contributed by atoms with Crippen molar-refractivity contribution in [2.75, 3.05) is 4.90 Å². The number of hydrogen-bond acceptors (Lipinski definition) is 5. The Morgan fingerprint density at radius 3 is 2.31 bits per heavy atom. The van der Waals surface area contributed by atoms with Crippen molar-refractivity contribution < 1.29 is 19.4 Å². The van der Waals surface area contributed by atoms with E-state index in [0.29, 0.717) is 28.9 Å². The minimum Gasteiger partial charge on any atom is -0.477 e. The van der Waals surface area contributed by atoms with Gasteiger partial charge < -0.3 is 9.84 Å². The first-order chi connectivity index (χ1) is 16.6. The standard InChI is InChI=1S/C28H32N2O4S/c1-18-8-10-19(11-9-18)26(31)30(22-17-23(28(2,3)4)35-25(22)27(32)33)20-12-14-21(15-13-20)34-24-7-5-6-16-29-24/h5-7,12-19H,8-11H2,1-4H3,(H,32,33). The number of anilines is 2. The molecule has 1 saturated carbocycles. The van der Waals surface area contributed by atoms with Crippen molar-refractivity contribution in [2.24, 2.45) is 11.8 Å². The van der Waals surface area contributed by atoms with Crippen LogP contribution in [0.2, 0.25) is 0 Å². The zero-order chi connectivity index (χ0) is 25.2. The first-order valence-corrected chi connectivity index (χ1v) is 12.9. The van der Waals surface area contributed by atoms with Crippen LogP contribution in [0.15, 0.2) is 54.7 Å². The number of carbonyl (C=O) groups is 2. The van der Waals surface area contributed by atoms with E-state index in [1.54, 1.807) is 29.3 Å².